The van der Waals surface area contributed by atoms with Crippen molar-refractivity contribution in [2.45, 2.75) is 35.7 Å². The Morgan fingerprint density at radius 1 is 1.29 bits per heavy atom. The monoisotopic (exact) mass is 492 g/mol. The van der Waals surface area contributed by atoms with Gasteiger partial charge >= 0.3 is 0 Å². The van der Waals surface area contributed by atoms with E-state index in [9.17, 15) is 13.7 Å². The number of imidazole rings is 1. The minimum absolute atomic E-state index is 0.0857. The Hall–Kier alpha value is -3.23. The van der Waals surface area contributed by atoms with Crippen LogP contribution in [0.4, 0.5) is 0 Å². The molecule has 0 saturated carbocycles. The molecule has 9 nitrogen and oxygen atoms in total. The zero-order valence-corrected chi connectivity index (χ0v) is 20.3. The van der Waals surface area contributed by atoms with Gasteiger partial charge in [-0.15, -0.1) is 0 Å². The van der Waals surface area contributed by atoms with Gasteiger partial charge in [-0.3, -0.25) is 0 Å². The van der Waals surface area contributed by atoms with Crippen LogP contribution >= 0.6 is 0 Å². The van der Waals surface area contributed by atoms with Gasteiger partial charge in [0.1, 0.15) is 17.6 Å². The third kappa shape index (κ3) is 4.32. The Morgan fingerprint density at radius 2 is 2.14 bits per heavy atom. The molecule has 0 radical (unpaired) electrons. The summed E-state index contributed by atoms with van der Waals surface area (Å²) in [6, 6.07) is 14.0. The van der Waals surface area contributed by atoms with E-state index < -0.39 is 15.6 Å². The van der Waals surface area contributed by atoms with Crippen LogP contribution in [-0.4, -0.2) is 48.0 Å². The first kappa shape index (κ1) is 23.5. The van der Waals surface area contributed by atoms with Crippen molar-refractivity contribution in [3.63, 3.8) is 0 Å². The molecule has 2 unspecified atom stereocenters. The second kappa shape index (κ2) is 9.09. The minimum Gasteiger partial charge on any atom is -0.456 e. The maximum Gasteiger partial charge on any atom is 0.243 e. The third-order valence-electron chi connectivity index (χ3n) is 6.89. The van der Waals surface area contributed by atoms with Crippen LogP contribution in [0.25, 0.3) is 0 Å². The Labute approximate surface area is 205 Å². The summed E-state index contributed by atoms with van der Waals surface area (Å²) in [4.78, 5) is 4.45. The standard InChI is InChI=1S/C25H28N6O3S/c1-30-17-28-15-24(30)25(27)9-3-10-29-20-8-11-31(16-20)35(32,33)22-5-2-4-21(13-22)34-23-12-19(25)7-6-18(23)14-26/h2,4-7,12-13,15,17,20,29H,3,8-11,16,27H2,1H3/t20-,25?/m0/s1. The first-order chi connectivity index (χ1) is 16.8. The molecule has 10 heteroatoms. The van der Waals surface area contributed by atoms with Crippen LogP contribution in [0, 0.1) is 11.3 Å². The smallest absolute Gasteiger partial charge is 0.243 e. The fourth-order valence-electron chi connectivity index (χ4n) is 4.94. The van der Waals surface area contributed by atoms with Crippen LogP contribution in [0.1, 0.15) is 36.1 Å². The molecule has 35 heavy (non-hydrogen) atoms. The van der Waals surface area contributed by atoms with Gasteiger partial charge in [-0.1, -0.05) is 12.1 Å². The molecule has 3 aromatic rings. The molecule has 5 rings (SSSR count). The number of benzene rings is 2. The number of hydrogen-bond acceptors (Lipinski definition) is 7. The van der Waals surface area contributed by atoms with Crippen molar-refractivity contribution >= 4 is 10.0 Å². The van der Waals surface area contributed by atoms with Crippen molar-refractivity contribution in [1.82, 2.24) is 19.2 Å². The molecule has 0 aliphatic carbocycles. The average Bonchev–Trinajstić information content (AvgIpc) is 3.51. The van der Waals surface area contributed by atoms with Gasteiger partial charge in [-0.25, -0.2) is 13.4 Å². The molecule has 1 aromatic heterocycles. The molecular weight excluding hydrogens is 464 g/mol. The molecule has 6 bridgehead atoms. The van der Waals surface area contributed by atoms with Gasteiger partial charge in [0.25, 0.3) is 0 Å². The van der Waals surface area contributed by atoms with Crippen molar-refractivity contribution < 1.29 is 13.2 Å². The normalized spacial score (nSPS) is 26.0. The van der Waals surface area contributed by atoms with Crippen molar-refractivity contribution in [1.29, 1.82) is 5.26 Å². The molecule has 2 aromatic carbocycles. The third-order valence-corrected chi connectivity index (χ3v) is 8.76. The Bertz CT molecular complexity index is 1400. The van der Waals surface area contributed by atoms with E-state index in [0.29, 0.717) is 43.1 Å². The molecule has 3 atom stereocenters. The topological polar surface area (TPSA) is 126 Å². The molecule has 2 aliphatic rings. The Morgan fingerprint density at radius 3 is 2.91 bits per heavy atom. The first-order valence-corrected chi connectivity index (χ1v) is 13.1. The molecule has 2 aliphatic heterocycles. The SMILES string of the molecule is Cn1cncc1C1(N)CCCN[C@H]2CCN(C2)S(=O)(=O)c2cccc(c2)Oc2cc1ccc2C#N. The lowest BCUT2D eigenvalue weighted by atomic mass is 9.83. The van der Waals surface area contributed by atoms with Crippen LogP contribution < -0.4 is 15.8 Å². The number of nitriles is 1. The second-order valence-electron chi connectivity index (χ2n) is 9.17. The van der Waals surface area contributed by atoms with Gasteiger partial charge in [-0.05, 0) is 55.6 Å². The number of aromatic nitrogens is 2. The quantitative estimate of drug-likeness (QED) is 0.534. The summed E-state index contributed by atoms with van der Waals surface area (Å²) in [7, 11) is -1.74. The summed E-state index contributed by atoms with van der Waals surface area (Å²) in [5, 5.41) is 13.2. The van der Waals surface area contributed by atoms with E-state index in [1.807, 2.05) is 17.7 Å². The van der Waals surface area contributed by atoms with Crippen molar-refractivity contribution in [3.8, 4) is 17.6 Å². The maximum atomic E-state index is 13.3. The zero-order valence-electron chi connectivity index (χ0n) is 19.5. The molecule has 1 fully saturated rings. The largest absolute Gasteiger partial charge is 0.456 e. The summed E-state index contributed by atoms with van der Waals surface area (Å²) in [6.07, 6.45) is 5.63. The van der Waals surface area contributed by atoms with E-state index in [1.165, 1.54) is 10.4 Å². The summed E-state index contributed by atoms with van der Waals surface area (Å²) in [5.74, 6) is 0.659. The highest BCUT2D eigenvalue weighted by molar-refractivity contribution is 7.89. The number of sulfonamides is 1. The molecule has 3 N–H and O–H groups in total. The van der Waals surface area contributed by atoms with E-state index in [-0.39, 0.29) is 10.9 Å². The van der Waals surface area contributed by atoms with Crippen LogP contribution in [0.5, 0.6) is 11.5 Å². The number of aryl methyl sites for hydroxylation is 1. The van der Waals surface area contributed by atoms with Crippen molar-refractivity contribution in [3.05, 3.63) is 71.8 Å². The van der Waals surface area contributed by atoms with Crippen molar-refractivity contribution in [2.24, 2.45) is 12.8 Å². The number of ether oxygens (including phenoxy) is 1. The fourth-order valence-corrected chi connectivity index (χ4v) is 6.48. The molecule has 0 amide bonds. The van der Waals surface area contributed by atoms with E-state index in [0.717, 1.165) is 24.1 Å². The molecule has 0 spiro atoms. The number of hydrogen-bond donors (Lipinski definition) is 2. The van der Waals surface area contributed by atoms with Gasteiger partial charge in [0, 0.05) is 32.2 Å². The van der Waals surface area contributed by atoms with Crippen molar-refractivity contribution in [2.75, 3.05) is 19.6 Å². The van der Waals surface area contributed by atoms with Crippen LogP contribution in [-0.2, 0) is 22.6 Å². The predicted molar refractivity (Wildman–Crippen MR) is 130 cm³/mol. The van der Waals surface area contributed by atoms with E-state index in [4.69, 9.17) is 10.5 Å². The maximum absolute atomic E-state index is 13.3. The van der Waals surface area contributed by atoms with Gasteiger partial charge in [0.2, 0.25) is 10.0 Å². The molecule has 3 heterocycles. The highest BCUT2D eigenvalue weighted by Crippen LogP contribution is 2.36. The zero-order chi connectivity index (χ0) is 24.6. The van der Waals surface area contributed by atoms with Gasteiger partial charge < -0.3 is 20.4 Å². The highest BCUT2D eigenvalue weighted by atomic mass is 32.2. The van der Waals surface area contributed by atoms with E-state index in [2.05, 4.69) is 16.4 Å². The predicted octanol–water partition coefficient (Wildman–Crippen LogP) is 2.43. The lowest BCUT2D eigenvalue weighted by molar-refractivity contribution is 0.414. The fraction of sp³-hybridized carbons (Fsp3) is 0.360. The molecular formula is C25H28N6O3S. The number of nitrogens with one attached hydrogen (secondary N) is 1. The number of nitrogens with zero attached hydrogens (tertiary/aromatic N) is 4. The minimum atomic E-state index is -3.66. The Balaban J connectivity index is 1.63. The highest BCUT2D eigenvalue weighted by Gasteiger charge is 2.35. The number of nitrogens with two attached hydrogens (primary N) is 1. The lowest BCUT2D eigenvalue weighted by Gasteiger charge is -2.31. The van der Waals surface area contributed by atoms with Crippen LogP contribution in [0.3, 0.4) is 0 Å². The molecule has 1 saturated heterocycles. The van der Waals surface area contributed by atoms with E-state index in [1.54, 1.807) is 42.9 Å². The number of fused-ring (bicyclic) bond motifs is 6. The summed E-state index contributed by atoms with van der Waals surface area (Å²) >= 11 is 0. The summed E-state index contributed by atoms with van der Waals surface area (Å²) < 4.78 is 36.0. The van der Waals surface area contributed by atoms with Gasteiger partial charge in [0.05, 0.1) is 34.2 Å². The van der Waals surface area contributed by atoms with Gasteiger partial charge in [0.15, 0.2) is 0 Å². The first-order valence-electron chi connectivity index (χ1n) is 11.6. The van der Waals surface area contributed by atoms with E-state index >= 15 is 0 Å². The Kier molecular flexibility index (Phi) is 6.11. The van der Waals surface area contributed by atoms with Crippen LogP contribution in [0.2, 0.25) is 0 Å². The summed E-state index contributed by atoms with van der Waals surface area (Å²) in [6.45, 7) is 1.57. The lowest BCUT2D eigenvalue weighted by Crippen LogP contribution is -2.41. The van der Waals surface area contributed by atoms with Gasteiger partial charge in [-0.2, -0.15) is 9.57 Å². The second-order valence-corrected chi connectivity index (χ2v) is 11.1. The number of rotatable bonds is 1. The summed E-state index contributed by atoms with van der Waals surface area (Å²) in [5.41, 5.74) is 8.21. The molecule has 182 valence electrons. The average molecular weight is 493 g/mol. The van der Waals surface area contributed by atoms with Crippen LogP contribution in [0.15, 0.2) is 59.9 Å².